The van der Waals surface area contributed by atoms with Crippen LogP contribution in [0.25, 0.3) is 49.7 Å². The summed E-state index contributed by atoms with van der Waals surface area (Å²) in [5, 5.41) is 2.44. The van der Waals surface area contributed by atoms with Gasteiger partial charge in [-0.1, -0.05) is 194 Å². The molecular formula is C67H47N3. The first kappa shape index (κ1) is 41.0. The second-order valence-corrected chi connectivity index (χ2v) is 18.1. The van der Waals surface area contributed by atoms with Gasteiger partial charge in [0, 0.05) is 50.5 Å². The second kappa shape index (κ2) is 17.2. The number of anilines is 6. The Bertz CT molecular complexity index is 3760. The summed E-state index contributed by atoms with van der Waals surface area (Å²) >= 11 is 0. The van der Waals surface area contributed by atoms with Crippen molar-refractivity contribution in [3.63, 3.8) is 0 Å². The fourth-order valence-corrected chi connectivity index (χ4v) is 11.2. The minimum atomic E-state index is -0.735. The molecule has 12 aromatic rings. The van der Waals surface area contributed by atoms with E-state index in [9.17, 15) is 0 Å². The molecule has 0 N–H and O–H groups in total. The van der Waals surface area contributed by atoms with E-state index in [2.05, 4.69) is 299 Å². The molecule has 70 heavy (non-hydrogen) atoms. The van der Waals surface area contributed by atoms with Gasteiger partial charge in [0.1, 0.15) is 0 Å². The third-order valence-corrected chi connectivity index (χ3v) is 14.2. The molecule has 0 saturated carbocycles. The van der Waals surface area contributed by atoms with E-state index in [0.717, 1.165) is 39.8 Å². The van der Waals surface area contributed by atoms with Crippen LogP contribution in [0.4, 0.5) is 34.1 Å². The number of benzene rings is 11. The van der Waals surface area contributed by atoms with Crippen molar-refractivity contribution in [2.75, 3.05) is 9.80 Å². The van der Waals surface area contributed by atoms with Gasteiger partial charge in [-0.2, -0.15) is 0 Å². The van der Waals surface area contributed by atoms with E-state index >= 15 is 0 Å². The normalized spacial score (nSPS) is 13.8. The molecule has 0 saturated heterocycles. The van der Waals surface area contributed by atoms with Gasteiger partial charge in [0.05, 0.1) is 22.1 Å². The topological polar surface area (TPSA) is 11.4 Å². The zero-order valence-corrected chi connectivity index (χ0v) is 38.5. The van der Waals surface area contributed by atoms with Crippen LogP contribution in [-0.4, -0.2) is 4.57 Å². The van der Waals surface area contributed by atoms with Gasteiger partial charge in [-0.3, -0.25) is 0 Å². The van der Waals surface area contributed by atoms with Crippen molar-refractivity contribution in [2.45, 2.75) is 5.41 Å². The van der Waals surface area contributed by atoms with Crippen molar-refractivity contribution in [1.82, 2.24) is 4.57 Å². The Morgan fingerprint density at radius 1 is 0.300 bits per heavy atom. The maximum atomic E-state index is 2.50. The minimum Gasteiger partial charge on any atom is -0.310 e. The van der Waals surface area contributed by atoms with Crippen LogP contribution in [0.5, 0.6) is 0 Å². The Kier molecular flexibility index (Phi) is 10.1. The average molecular weight is 894 g/mol. The first-order valence-corrected chi connectivity index (χ1v) is 24.1. The van der Waals surface area contributed by atoms with Crippen LogP contribution in [0.3, 0.4) is 0 Å². The lowest BCUT2D eigenvalue weighted by Crippen LogP contribution is -2.29. The molecule has 1 atom stereocenters. The van der Waals surface area contributed by atoms with Crippen LogP contribution in [0.15, 0.2) is 285 Å². The van der Waals surface area contributed by atoms with Crippen molar-refractivity contribution in [1.29, 1.82) is 0 Å². The highest BCUT2D eigenvalue weighted by Gasteiger charge is 2.48. The zero-order valence-electron chi connectivity index (χ0n) is 38.5. The van der Waals surface area contributed by atoms with Gasteiger partial charge in [0.25, 0.3) is 0 Å². The largest absolute Gasteiger partial charge is 0.310 e. The lowest BCUT2D eigenvalue weighted by molar-refractivity contribution is 0.770. The van der Waals surface area contributed by atoms with Crippen molar-refractivity contribution >= 4 is 55.9 Å². The Labute approximate surface area is 409 Å². The van der Waals surface area contributed by atoms with Crippen LogP contribution in [0.2, 0.25) is 0 Å². The minimum absolute atomic E-state index is 0.735. The number of rotatable bonds is 10. The lowest BCUT2D eigenvalue weighted by atomic mass is 9.67. The summed E-state index contributed by atoms with van der Waals surface area (Å²) in [6.07, 6.45) is 0. The molecule has 1 heterocycles. The summed E-state index contributed by atoms with van der Waals surface area (Å²) in [5.74, 6) is 0. The molecule has 0 bridgehead atoms. The first-order valence-electron chi connectivity index (χ1n) is 24.1. The van der Waals surface area contributed by atoms with E-state index in [1.54, 1.807) is 0 Å². The molecular weight excluding hydrogens is 847 g/mol. The lowest BCUT2D eigenvalue weighted by Gasteiger charge is -2.36. The van der Waals surface area contributed by atoms with Crippen LogP contribution in [0, 0.1) is 0 Å². The number of aromatic nitrogens is 1. The van der Waals surface area contributed by atoms with Gasteiger partial charge in [-0.15, -0.1) is 0 Å². The van der Waals surface area contributed by atoms with Crippen LogP contribution >= 0.6 is 0 Å². The smallest absolute Gasteiger partial charge is 0.0715 e. The molecule has 0 spiro atoms. The highest BCUT2D eigenvalue weighted by Crippen LogP contribution is 2.61. The molecule has 0 aliphatic heterocycles. The molecule has 0 radical (unpaired) electrons. The Morgan fingerprint density at radius 3 is 1.46 bits per heavy atom. The van der Waals surface area contributed by atoms with Crippen molar-refractivity contribution in [2.24, 2.45) is 0 Å². The maximum Gasteiger partial charge on any atom is 0.0715 e. The Balaban J connectivity index is 1.16. The Hall–Kier alpha value is -9.18. The van der Waals surface area contributed by atoms with E-state index in [1.807, 2.05) is 0 Å². The molecule has 1 aliphatic rings. The predicted molar refractivity (Wildman–Crippen MR) is 293 cm³/mol. The molecule has 1 unspecified atom stereocenters. The van der Waals surface area contributed by atoms with E-state index in [4.69, 9.17) is 0 Å². The summed E-state index contributed by atoms with van der Waals surface area (Å²) in [5.41, 5.74) is 18.9. The average Bonchev–Trinajstić information content (AvgIpc) is 3.93. The quantitative estimate of drug-likeness (QED) is 0.136. The van der Waals surface area contributed by atoms with Gasteiger partial charge >= 0.3 is 0 Å². The molecule has 1 aliphatic carbocycles. The fraction of sp³-hybridized carbons (Fsp3) is 0.0149. The van der Waals surface area contributed by atoms with Crippen molar-refractivity contribution in [3.05, 3.63) is 307 Å². The number of nitrogens with zero attached hydrogens (tertiary/aromatic N) is 3. The molecule has 1 aromatic heterocycles. The first-order chi connectivity index (χ1) is 34.8. The third-order valence-electron chi connectivity index (χ3n) is 14.2. The van der Waals surface area contributed by atoms with E-state index in [0.29, 0.717) is 0 Å². The molecule has 330 valence electrons. The van der Waals surface area contributed by atoms with Gasteiger partial charge < -0.3 is 14.4 Å². The van der Waals surface area contributed by atoms with Crippen LogP contribution < -0.4 is 9.80 Å². The van der Waals surface area contributed by atoms with Gasteiger partial charge in [0.15, 0.2) is 0 Å². The van der Waals surface area contributed by atoms with Gasteiger partial charge in [0.2, 0.25) is 0 Å². The van der Waals surface area contributed by atoms with Crippen molar-refractivity contribution in [3.8, 4) is 27.9 Å². The standard InChI is InChI=1S/C67H47N3/c1-7-23-48(24-8-1)49-39-42-56(43-40-49)68(52-27-11-3-12-28-52)57-46-62-66(65(47-57)69(53-29-13-4-14-30-53)54-31-15-5-16-32-54)59-36-19-21-37-61(59)67(62,50-25-9-2-10-26-50)51-41-44-64-60(45-51)58-35-20-22-38-63(58)70(64)55-33-17-6-18-34-55/h1-47H. The van der Waals surface area contributed by atoms with Crippen LogP contribution in [0.1, 0.15) is 22.3 Å². The number of fused-ring (bicyclic) bond motifs is 6. The molecule has 0 fully saturated rings. The summed E-state index contributed by atoms with van der Waals surface area (Å²) in [6, 6.07) is 104. The summed E-state index contributed by atoms with van der Waals surface area (Å²) in [6.45, 7) is 0. The van der Waals surface area contributed by atoms with Crippen molar-refractivity contribution < 1.29 is 0 Å². The monoisotopic (exact) mass is 893 g/mol. The van der Waals surface area contributed by atoms with E-state index < -0.39 is 5.41 Å². The molecule has 3 heteroatoms. The van der Waals surface area contributed by atoms with Gasteiger partial charge in [-0.25, -0.2) is 0 Å². The third kappa shape index (κ3) is 6.66. The molecule has 11 aromatic carbocycles. The summed E-state index contributed by atoms with van der Waals surface area (Å²) < 4.78 is 2.41. The highest BCUT2D eigenvalue weighted by atomic mass is 15.2. The predicted octanol–water partition coefficient (Wildman–Crippen LogP) is 17.8. The van der Waals surface area contributed by atoms with Crippen LogP contribution in [-0.2, 0) is 5.41 Å². The summed E-state index contributed by atoms with van der Waals surface area (Å²) in [7, 11) is 0. The maximum absolute atomic E-state index is 2.50. The van der Waals surface area contributed by atoms with Gasteiger partial charge in [-0.05, 0) is 130 Å². The number of hydrogen-bond donors (Lipinski definition) is 0. The highest BCUT2D eigenvalue weighted by molar-refractivity contribution is 6.10. The SMILES string of the molecule is c1ccc(-c2ccc(N(c3ccccc3)c3cc(N(c4ccccc4)c4ccccc4)c4c(c3)C(c3ccccc3)(c3ccc5c(c3)c3ccccc3n5-c3ccccc3)c3ccccc3-4)cc2)cc1. The molecule has 3 nitrogen and oxygen atoms in total. The molecule has 13 rings (SSSR count). The molecule has 0 amide bonds. The van der Waals surface area contributed by atoms with E-state index in [1.165, 1.54) is 66.3 Å². The number of para-hydroxylation sites is 5. The Morgan fingerprint density at radius 2 is 0.800 bits per heavy atom. The fourth-order valence-electron chi connectivity index (χ4n) is 11.2. The second-order valence-electron chi connectivity index (χ2n) is 18.1. The van der Waals surface area contributed by atoms with E-state index in [-0.39, 0.29) is 0 Å². The summed E-state index contributed by atoms with van der Waals surface area (Å²) in [4.78, 5) is 4.89. The zero-order chi connectivity index (χ0) is 46.4. The number of hydrogen-bond acceptors (Lipinski definition) is 2.